The monoisotopic (exact) mass is 303 g/mol. The summed E-state index contributed by atoms with van der Waals surface area (Å²) in [5.41, 5.74) is 1.36. The smallest absolute Gasteiger partial charge is 0.0593 e. The number of halogens is 1. The van der Waals surface area contributed by atoms with Crippen LogP contribution in [0.2, 0.25) is 0 Å². The normalized spacial score (nSPS) is 23.2. The maximum Gasteiger partial charge on any atom is 0.0593 e. The summed E-state index contributed by atoms with van der Waals surface area (Å²) in [6, 6.07) is 0.406. The fourth-order valence-corrected chi connectivity index (χ4v) is 3.82. The lowest BCUT2D eigenvalue weighted by molar-refractivity contribution is 0.00547. The van der Waals surface area contributed by atoms with Crippen LogP contribution in [0.4, 0.5) is 0 Å². The molecule has 2 unspecified atom stereocenters. The minimum atomic E-state index is 0.406. The molecule has 0 aliphatic carbocycles. The highest BCUT2D eigenvalue weighted by Gasteiger charge is 2.21. The van der Waals surface area contributed by atoms with Crippen molar-refractivity contribution in [2.45, 2.75) is 37.8 Å². The molecular formula is C12H18BrNOS. The summed E-state index contributed by atoms with van der Waals surface area (Å²) in [4.78, 5) is 0. The molecule has 16 heavy (non-hydrogen) atoms. The molecule has 1 aliphatic heterocycles. The molecule has 2 atom stereocenters. The Bertz CT molecular complexity index is 323. The number of thiophene rings is 1. The highest BCUT2D eigenvalue weighted by molar-refractivity contribution is 9.10. The third-order valence-corrected chi connectivity index (χ3v) is 4.89. The summed E-state index contributed by atoms with van der Waals surface area (Å²) in [7, 11) is 2.03. The van der Waals surface area contributed by atoms with Crippen molar-refractivity contribution < 1.29 is 4.74 Å². The average molecular weight is 304 g/mol. The van der Waals surface area contributed by atoms with E-state index in [-0.39, 0.29) is 0 Å². The van der Waals surface area contributed by atoms with E-state index in [9.17, 15) is 0 Å². The van der Waals surface area contributed by atoms with Crippen molar-refractivity contribution in [2.75, 3.05) is 13.7 Å². The predicted molar refractivity (Wildman–Crippen MR) is 72.0 cm³/mol. The van der Waals surface area contributed by atoms with Gasteiger partial charge >= 0.3 is 0 Å². The van der Waals surface area contributed by atoms with Crippen LogP contribution >= 0.6 is 27.3 Å². The molecule has 0 bridgehead atoms. The summed E-state index contributed by atoms with van der Waals surface area (Å²) in [5.74, 6) is 0. The lowest BCUT2D eigenvalue weighted by atomic mass is 9.98. The lowest BCUT2D eigenvalue weighted by Crippen LogP contribution is -2.26. The third-order valence-electron chi connectivity index (χ3n) is 3.14. The lowest BCUT2D eigenvalue weighted by Gasteiger charge is -2.26. The van der Waals surface area contributed by atoms with Crippen molar-refractivity contribution in [3.05, 3.63) is 20.8 Å². The van der Waals surface area contributed by atoms with E-state index in [1.54, 1.807) is 11.3 Å². The maximum atomic E-state index is 5.80. The Labute approximate surface area is 110 Å². The highest BCUT2D eigenvalue weighted by atomic mass is 79.9. The maximum absolute atomic E-state index is 5.80. The summed E-state index contributed by atoms with van der Waals surface area (Å²) >= 11 is 5.35. The van der Waals surface area contributed by atoms with E-state index in [2.05, 4.69) is 32.0 Å². The van der Waals surface area contributed by atoms with Gasteiger partial charge < -0.3 is 10.1 Å². The molecule has 2 heterocycles. The van der Waals surface area contributed by atoms with E-state index in [0.717, 1.165) is 13.0 Å². The zero-order valence-corrected chi connectivity index (χ0v) is 11.9. The fourth-order valence-electron chi connectivity index (χ4n) is 2.20. The molecule has 0 radical (unpaired) electrons. The first-order valence-electron chi connectivity index (χ1n) is 5.81. The van der Waals surface area contributed by atoms with Crippen LogP contribution in [0.25, 0.3) is 0 Å². The molecule has 0 spiro atoms. The first-order chi connectivity index (χ1) is 7.81. The number of nitrogens with one attached hydrogen (secondary N) is 1. The van der Waals surface area contributed by atoms with Gasteiger partial charge in [-0.3, -0.25) is 0 Å². The van der Waals surface area contributed by atoms with Gasteiger partial charge in [-0.05, 0) is 59.6 Å². The summed E-state index contributed by atoms with van der Waals surface area (Å²) < 4.78 is 7.01. The molecule has 1 aliphatic rings. The Morgan fingerprint density at radius 1 is 1.56 bits per heavy atom. The zero-order valence-electron chi connectivity index (χ0n) is 9.54. The average Bonchev–Trinajstić information content (AvgIpc) is 2.74. The molecule has 90 valence electrons. The van der Waals surface area contributed by atoms with E-state index in [1.165, 1.54) is 29.3 Å². The van der Waals surface area contributed by atoms with E-state index >= 15 is 0 Å². The first-order valence-corrected chi connectivity index (χ1v) is 7.55. The molecule has 1 aromatic heterocycles. The second kappa shape index (κ2) is 6.15. The minimum absolute atomic E-state index is 0.406. The van der Waals surface area contributed by atoms with Gasteiger partial charge in [0.25, 0.3) is 0 Å². The molecule has 2 nitrogen and oxygen atoms in total. The van der Waals surface area contributed by atoms with Crippen LogP contribution in [-0.4, -0.2) is 19.8 Å². The van der Waals surface area contributed by atoms with Crippen molar-refractivity contribution in [2.24, 2.45) is 0 Å². The van der Waals surface area contributed by atoms with Crippen LogP contribution in [0.1, 0.15) is 37.3 Å². The zero-order chi connectivity index (χ0) is 11.4. The number of ether oxygens (including phenoxy) is 1. The topological polar surface area (TPSA) is 21.3 Å². The van der Waals surface area contributed by atoms with Crippen LogP contribution in [0.5, 0.6) is 0 Å². The molecule has 0 aromatic carbocycles. The van der Waals surface area contributed by atoms with Gasteiger partial charge in [0.1, 0.15) is 0 Å². The van der Waals surface area contributed by atoms with Gasteiger partial charge in [-0.2, -0.15) is 11.3 Å². The molecular weight excluding hydrogens is 286 g/mol. The molecule has 1 saturated heterocycles. The van der Waals surface area contributed by atoms with Crippen LogP contribution in [0, 0.1) is 0 Å². The van der Waals surface area contributed by atoms with Crippen LogP contribution in [0.3, 0.4) is 0 Å². The van der Waals surface area contributed by atoms with E-state index < -0.39 is 0 Å². The Balaban J connectivity index is 1.97. The van der Waals surface area contributed by atoms with Gasteiger partial charge in [-0.15, -0.1) is 0 Å². The van der Waals surface area contributed by atoms with Crippen LogP contribution < -0.4 is 5.32 Å². The Morgan fingerprint density at radius 3 is 3.00 bits per heavy atom. The van der Waals surface area contributed by atoms with Crippen molar-refractivity contribution in [3.63, 3.8) is 0 Å². The quantitative estimate of drug-likeness (QED) is 0.915. The fraction of sp³-hybridized carbons (Fsp3) is 0.667. The summed E-state index contributed by atoms with van der Waals surface area (Å²) in [5, 5.41) is 7.75. The van der Waals surface area contributed by atoms with Gasteiger partial charge in [0, 0.05) is 22.5 Å². The number of hydrogen-bond acceptors (Lipinski definition) is 3. The Morgan fingerprint density at radius 2 is 2.44 bits per heavy atom. The van der Waals surface area contributed by atoms with Gasteiger partial charge in [0.2, 0.25) is 0 Å². The summed E-state index contributed by atoms with van der Waals surface area (Å²) in [6.07, 6.45) is 5.25. The molecule has 0 amide bonds. The van der Waals surface area contributed by atoms with Gasteiger partial charge in [-0.25, -0.2) is 0 Å². The minimum Gasteiger partial charge on any atom is -0.378 e. The molecule has 0 saturated carbocycles. The van der Waals surface area contributed by atoms with Crippen LogP contribution in [-0.2, 0) is 4.74 Å². The van der Waals surface area contributed by atoms with Crippen molar-refractivity contribution >= 4 is 27.3 Å². The largest absolute Gasteiger partial charge is 0.378 e. The highest BCUT2D eigenvalue weighted by Crippen LogP contribution is 2.31. The Kier molecular flexibility index (Phi) is 4.82. The van der Waals surface area contributed by atoms with Gasteiger partial charge in [0.15, 0.2) is 0 Å². The number of hydrogen-bond donors (Lipinski definition) is 1. The van der Waals surface area contributed by atoms with Gasteiger partial charge in [-0.1, -0.05) is 0 Å². The number of rotatable bonds is 4. The van der Waals surface area contributed by atoms with Gasteiger partial charge in [0.05, 0.1) is 6.10 Å². The molecule has 2 rings (SSSR count). The van der Waals surface area contributed by atoms with Crippen molar-refractivity contribution in [1.29, 1.82) is 0 Å². The molecule has 1 N–H and O–H groups in total. The molecule has 1 aromatic rings. The van der Waals surface area contributed by atoms with Crippen molar-refractivity contribution in [1.82, 2.24) is 5.32 Å². The van der Waals surface area contributed by atoms with Crippen LogP contribution in [0.15, 0.2) is 15.2 Å². The van der Waals surface area contributed by atoms with E-state index in [4.69, 9.17) is 4.74 Å². The van der Waals surface area contributed by atoms with E-state index in [1.807, 2.05) is 7.05 Å². The second-order valence-electron chi connectivity index (χ2n) is 4.24. The summed E-state index contributed by atoms with van der Waals surface area (Å²) in [6.45, 7) is 0.936. The molecule has 1 fully saturated rings. The van der Waals surface area contributed by atoms with E-state index in [0.29, 0.717) is 12.1 Å². The SMILES string of the molecule is CNC(CC1CCCCO1)c1cscc1Br. The first kappa shape index (κ1) is 12.6. The second-order valence-corrected chi connectivity index (χ2v) is 5.84. The molecule has 4 heteroatoms. The standard InChI is InChI=1S/C12H18BrNOS/c1-14-12(10-7-16-8-11(10)13)6-9-4-2-3-5-15-9/h7-9,12,14H,2-6H2,1H3. The third kappa shape index (κ3) is 3.06. The predicted octanol–water partition coefficient (Wildman–Crippen LogP) is 3.73. The van der Waals surface area contributed by atoms with Crippen molar-refractivity contribution in [3.8, 4) is 0 Å². The Hall–Kier alpha value is 0.100.